The summed E-state index contributed by atoms with van der Waals surface area (Å²) in [5.41, 5.74) is 3.33. The van der Waals surface area contributed by atoms with Crippen LogP contribution >= 0.6 is 11.6 Å². The molecule has 0 saturated carbocycles. The van der Waals surface area contributed by atoms with Crippen molar-refractivity contribution >= 4 is 17.3 Å². The summed E-state index contributed by atoms with van der Waals surface area (Å²) < 4.78 is 0. The lowest BCUT2D eigenvalue weighted by molar-refractivity contribution is 0.900. The molecular formula is C17H15ClN2. The summed E-state index contributed by atoms with van der Waals surface area (Å²) in [4.78, 5) is 3.28. The molecular weight excluding hydrogens is 268 g/mol. The van der Waals surface area contributed by atoms with E-state index in [9.17, 15) is 0 Å². The summed E-state index contributed by atoms with van der Waals surface area (Å²) in [7, 11) is 0. The van der Waals surface area contributed by atoms with E-state index in [0.717, 1.165) is 16.4 Å². The lowest BCUT2D eigenvalue weighted by Crippen LogP contribution is -2.12. The SMILES string of the molecule is Clc1cccc(NC(c2ccccc2)c2ccc[nH]2)c1. The summed E-state index contributed by atoms with van der Waals surface area (Å²) in [6.45, 7) is 0. The van der Waals surface area contributed by atoms with Gasteiger partial charge in [0.15, 0.2) is 0 Å². The second kappa shape index (κ2) is 5.85. The summed E-state index contributed by atoms with van der Waals surface area (Å²) >= 11 is 6.05. The summed E-state index contributed by atoms with van der Waals surface area (Å²) in [5.74, 6) is 0. The molecule has 2 N–H and O–H groups in total. The molecule has 1 unspecified atom stereocenters. The third-order valence-electron chi connectivity index (χ3n) is 3.20. The first kappa shape index (κ1) is 12.8. The van der Waals surface area contributed by atoms with Crippen LogP contribution in [0.2, 0.25) is 5.02 Å². The largest absolute Gasteiger partial charge is 0.373 e. The zero-order valence-corrected chi connectivity index (χ0v) is 11.6. The average molecular weight is 283 g/mol. The van der Waals surface area contributed by atoms with Crippen LogP contribution < -0.4 is 5.32 Å². The van der Waals surface area contributed by atoms with E-state index in [1.807, 2.05) is 54.7 Å². The second-order valence-corrected chi connectivity index (χ2v) is 5.06. The van der Waals surface area contributed by atoms with Gasteiger partial charge in [0.1, 0.15) is 0 Å². The zero-order chi connectivity index (χ0) is 13.8. The van der Waals surface area contributed by atoms with Crippen molar-refractivity contribution in [1.29, 1.82) is 0 Å². The molecule has 100 valence electrons. The maximum Gasteiger partial charge on any atom is 0.0917 e. The van der Waals surface area contributed by atoms with Gasteiger partial charge in [-0.2, -0.15) is 0 Å². The Morgan fingerprint density at radius 3 is 2.45 bits per heavy atom. The normalized spacial score (nSPS) is 12.1. The van der Waals surface area contributed by atoms with Crippen molar-refractivity contribution < 1.29 is 0 Å². The van der Waals surface area contributed by atoms with E-state index in [1.54, 1.807) is 0 Å². The monoisotopic (exact) mass is 282 g/mol. The van der Waals surface area contributed by atoms with Gasteiger partial charge in [-0.05, 0) is 35.9 Å². The molecule has 0 radical (unpaired) electrons. The van der Waals surface area contributed by atoms with E-state index in [1.165, 1.54) is 5.56 Å². The van der Waals surface area contributed by atoms with Crippen molar-refractivity contribution in [2.75, 3.05) is 5.32 Å². The molecule has 0 aliphatic heterocycles. The van der Waals surface area contributed by atoms with Gasteiger partial charge in [-0.25, -0.2) is 0 Å². The molecule has 0 amide bonds. The molecule has 1 heterocycles. The Morgan fingerprint density at radius 1 is 0.900 bits per heavy atom. The Bertz CT molecular complexity index is 662. The topological polar surface area (TPSA) is 27.8 Å². The van der Waals surface area contributed by atoms with E-state index >= 15 is 0 Å². The van der Waals surface area contributed by atoms with Crippen LogP contribution in [0.1, 0.15) is 17.3 Å². The Kier molecular flexibility index (Phi) is 3.75. The van der Waals surface area contributed by atoms with Crippen molar-refractivity contribution in [1.82, 2.24) is 4.98 Å². The van der Waals surface area contributed by atoms with Crippen LogP contribution in [-0.2, 0) is 0 Å². The molecule has 3 rings (SSSR count). The molecule has 0 aliphatic carbocycles. The molecule has 2 aromatic carbocycles. The standard InChI is InChI=1S/C17H15ClN2/c18-14-8-4-9-15(12-14)20-17(16-10-5-11-19-16)13-6-2-1-3-7-13/h1-12,17,19-20H. The lowest BCUT2D eigenvalue weighted by Gasteiger charge is -2.19. The van der Waals surface area contributed by atoms with Crippen LogP contribution in [0.25, 0.3) is 0 Å². The smallest absolute Gasteiger partial charge is 0.0917 e. The van der Waals surface area contributed by atoms with Gasteiger partial charge in [-0.15, -0.1) is 0 Å². The van der Waals surface area contributed by atoms with Crippen molar-refractivity contribution in [3.05, 3.63) is 89.2 Å². The van der Waals surface area contributed by atoms with E-state index in [-0.39, 0.29) is 6.04 Å². The fourth-order valence-electron chi connectivity index (χ4n) is 2.25. The molecule has 20 heavy (non-hydrogen) atoms. The summed E-state index contributed by atoms with van der Waals surface area (Å²) in [5, 5.41) is 4.25. The van der Waals surface area contributed by atoms with Crippen LogP contribution in [0.5, 0.6) is 0 Å². The Morgan fingerprint density at radius 2 is 1.75 bits per heavy atom. The number of aromatic amines is 1. The summed E-state index contributed by atoms with van der Waals surface area (Å²) in [6.07, 6.45) is 1.94. The predicted molar refractivity (Wildman–Crippen MR) is 84.2 cm³/mol. The quantitative estimate of drug-likeness (QED) is 0.702. The van der Waals surface area contributed by atoms with Gasteiger partial charge in [0.25, 0.3) is 0 Å². The van der Waals surface area contributed by atoms with Gasteiger partial charge in [0.05, 0.1) is 6.04 Å². The van der Waals surface area contributed by atoms with Crippen LogP contribution in [0.4, 0.5) is 5.69 Å². The molecule has 2 nitrogen and oxygen atoms in total. The van der Waals surface area contributed by atoms with E-state index in [2.05, 4.69) is 28.5 Å². The zero-order valence-electron chi connectivity index (χ0n) is 10.9. The highest BCUT2D eigenvalue weighted by Gasteiger charge is 2.14. The number of aromatic nitrogens is 1. The first-order chi connectivity index (χ1) is 9.83. The Hall–Kier alpha value is -2.19. The van der Waals surface area contributed by atoms with Crippen molar-refractivity contribution in [2.45, 2.75) is 6.04 Å². The number of hydrogen-bond donors (Lipinski definition) is 2. The molecule has 0 saturated heterocycles. The van der Waals surface area contributed by atoms with Gasteiger partial charge < -0.3 is 10.3 Å². The average Bonchev–Trinajstić information content (AvgIpc) is 3.00. The van der Waals surface area contributed by atoms with E-state index in [4.69, 9.17) is 11.6 Å². The van der Waals surface area contributed by atoms with E-state index < -0.39 is 0 Å². The number of halogens is 1. The van der Waals surface area contributed by atoms with Crippen LogP contribution in [0.15, 0.2) is 72.9 Å². The van der Waals surface area contributed by atoms with E-state index in [0.29, 0.717) is 0 Å². The minimum absolute atomic E-state index is 0.0738. The van der Waals surface area contributed by atoms with Gasteiger partial charge in [-0.3, -0.25) is 0 Å². The second-order valence-electron chi connectivity index (χ2n) is 4.62. The third kappa shape index (κ3) is 2.86. The van der Waals surface area contributed by atoms with Gasteiger partial charge in [-0.1, -0.05) is 48.0 Å². The first-order valence-corrected chi connectivity index (χ1v) is 6.91. The maximum absolute atomic E-state index is 6.05. The molecule has 0 fully saturated rings. The number of benzene rings is 2. The minimum Gasteiger partial charge on any atom is -0.373 e. The maximum atomic E-state index is 6.05. The summed E-state index contributed by atoms with van der Waals surface area (Å²) in [6, 6.07) is 22.3. The van der Waals surface area contributed by atoms with Crippen LogP contribution in [0.3, 0.4) is 0 Å². The van der Waals surface area contributed by atoms with Crippen LogP contribution in [-0.4, -0.2) is 4.98 Å². The third-order valence-corrected chi connectivity index (χ3v) is 3.44. The van der Waals surface area contributed by atoms with Crippen molar-refractivity contribution in [3.8, 4) is 0 Å². The van der Waals surface area contributed by atoms with Gasteiger partial charge in [0.2, 0.25) is 0 Å². The highest BCUT2D eigenvalue weighted by molar-refractivity contribution is 6.30. The number of rotatable bonds is 4. The van der Waals surface area contributed by atoms with Gasteiger partial charge >= 0.3 is 0 Å². The minimum atomic E-state index is 0.0738. The van der Waals surface area contributed by atoms with Gasteiger partial charge in [0, 0.05) is 22.6 Å². The van der Waals surface area contributed by atoms with Crippen molar-refractivity contribution in [3.63, 3.8) is 0 Å². The fraction of sp³-hybridized carbons (Fsp3) is 0.0588. The highest BCUT2D eigenvalue weighted by atomic mass is 35.5. The molecule has 1 atom stereocenters. The molecule has 3 aromatic rings. The number of anilines is 1. The molecule has 3 heteroatoms. The number of H-pyrrole nitrogens is 1. The molecule has 0 aliphatic rings. The van der Waals surface area contributed by atoms with Crippen molar-refractivity contribution in [2.24, 2.45) is 0 Å². The Balaban J connectivity index is 1.95. The Labute approximate surface area is 123 Å². The van der Waals surface area contributed by atoms with Crippen LogP contribution in [0, 0.1) is 0 Å². The predicted octanol–water partition coefficient (Wildman–Crippen LogP) is 4.87. The first-order valence-electron chi connectivity index (χ1n) is 6.53. The highest BCUT2D eigenvalue weighted by Crippen LogP contribution is 2.26. The lowest BCUT2D eigenvalue weighted by atomic mass is 10.0. The molecule has 0 spiro atoms. The number of hydrogen-bond acceptors (Lipinski definition) is 1. The number of nitrogens with one attached hydrogen (secondary N) is 2. The molecule has 1 aromatic heterocycles. The fourth-order valence-corrected chi connectivity index (χ4v) is 2.45. The molecule has 0 bridgehead atoms.